The summed E-state index contributed by atoms with van der Waals surface area (Å²) in [7, 11) is -3.55. The van der Waals surface area contributed by atoms with Gasteiger partial charge in [0.25, 0.3) is 5.56 Å². The number of benzene rings is 2. The fraction of sp³-hybridized carbons (Fsp3) is 0.200. The van der Waals surface area contributed by atoms with Crippen LogP contribution in [0.4, 0.5) is 0 Å². The highest BCUT2D eigenvalue weighted by atomic mass is 32.2. The molecular weight excluding hydrogens is 376 g/mol. The van der Waals surface area contributed by atoms with Gasteiger partial charge in [0.15, 0.2) is 0 Å². The molecule has 0 radical (unpaired) electrons. The molecule has 0 saturated heterocycles. The van der Waals surface area contributed by atoms with E-state index in [4.69, 9.17) is 0 Å². The van der Waals surface area contributed by atoms with Crippen molar-refractivity contribution in [2.75, 3.05) is 6.54 Å². The number of rotatable bonds is 6. The van der Waals surface area contributed by atoms with Gasteiger partial charge in [0.1, 0.15) is 5.52 Å². The Kier molecular flexibility index (Phi) is 4.74. The predicted octanol–water partition coefficient (Wildman–Crippen LogP) is 2.55. The summed E-state index contributed by atoms with van der Waals surface area (Å²) in [5.74, 6) is 0. The smallest absolute Gasteiger partial charge is 0.262 e. The number of aromatic nitrogens is 3. The van der Waals surface area contributed by atoms with Gasteiger partial charge in [0.2, 0.25) is 10.0 Å². The molecule has 2 aromatic carbocycles. The summed E-state index contributed by atoms with van der Waals surface area (Å²) in [6.45, 7) is 2.46. The third kappa shape index (κ3) is 3.21. The average molecular weight is 396 g/mol. The van der Waals surface area contributed by atoms with E-state index in [1.165, 1.54) is 0 Å². The lowest BCUT2D eigenvalue weighted by atomic mass is 10.1. The van der Waals surface area contributed by atoms with Crippen LogP contribution >= 0.6 is 0 Å². The standard InChI is InChI=1S/C20H20N4O3S/c1-14-18-19(23-22-14)16-10-5-6-11-17(16)24(20(18)25)13-7-12-21-28(26,27)15-8-3-2-4-9-15/h2-6,8-11,21H,7,12-13H2,1H3,(H,22,23). The molecule has 0 aliphatic carbocycles. The SMILES string of the molecule is Cc1[nH]nc2c1c(=O)n(CCCNS(=O)(=O)c1ccccc1)c1ccccc21. The number of nitrogens with one attached hydrogen (secondary N) is 2. The van der Waals surface area contributed by atoms with Crippen LogP contribution in [0.1, 0.15) is 12.1 Å². The average Bonchev–Trinajstić information content (AvgIpc) is 3.10. The summed E-state index contributed by atoms with van der Waals surface area (Å²) in [5, 5.41) is 8.64. The van der Waals surface area contributed by atoms with E-state index < -0.39 is 10.0 Å². The number of hydrogen-bond donors (Lipinski definition) is 2. The summed E-state index contributed by atoms with van der Waals surface area (Å²) in [5.41, 5.74) is 2.06. The molecule has 2 aromatic heterocycles. The Bertz CT molecular complexity index is 1310. The van der Waals surface area contributed by atoms with E-state index in [0.29, 0.717) is 23.9 Å². The van der Waals surface area contributed by atoms with Crippen LogP contribution in [0.25, 0.3) is 21.8 Å². The first-order valence-electron chi connectivity index (χ1n) is 9.00. The van der Waals surface area contributed by atoms with Gasteiger partial charge in [-0.3, -0.25) is 9.89 Å². The van der Waals surface area contributed by atoms with E-state index in [0.717, 1.165) is 16.6 Å². The molecule has 28 heavy (non-hydrogen) atoms. The molecule has 144 valence electrons. The number of aryl methyl sites for hydroxylation is 2. The Hall–Kier alpha value is -2.97. The van der Waals surface area contributed by atoms with Crippen LogP contribution in [-0.2, 0) is 16.6 Å². The van der Waals surface area contributed by atoms with Gasteiger partial charge in [-0.2, -0.15) is 5.10 Å². The van der Waals surface area contributed by atoms with E-state index in [-0.39, 0.29) is 17.0 Å². The van der Waals surface area contributed by atoms with Crippen molar-refractivity contribution in [1.82, 2.24) is 19.5 Å². The van der Waals surface area contributed by atoms with E-state index in [1.807, 2.05) is 31.2 Å². The number of aromatic amines is 1. The van der Waals surface area contributed by atoms with Crippen LogP contribution < -0.4 is 10.3 Å². The van der Waals surface area contributed by atoms with Gasteiger partial charge in [0.05, 0.1) is 15.8 Å². The maximum atomic E-state index is 13.0. The van der Waals surface area contributed by atoms with Crippen molar-refractivity contribution in [3.63, 3.8) is 0 Å². The molecule has 7 nitrogen and oxygen atoms in total. The zero-order valence-corrected chi connectivity index (χ0v) is 16.2. The number of sulfonamides is 1. The zero-order chi connectivity index (χ0) is 19.7. The first-order chi connectivity index (χ1) is 13.5. The van der Waals surface area contributed by atoms with Crippen molar-refractivity contribution in [2.45, 2.75) is 24.8 Å². The van der Waals surface area contributed by atoms with Crippen LogP contribution in [-0.4, -0.2) is 29.7 Å². The Morgan fingerprint density at radius 3 is 2.57 bits per heavy atom. The van der Waals surface area contributed by atoms with Crippen molar-refractivity contribution in [1.29, 1.82) is 0 Å². The van der Waals surface area contributed by atoms with E-state index in [2.05, 4.69) is 14.9 Å². The Morgan fingerprint density at radius 2 is 1.79 bits per heavy atom. The van der Waals surface area contributed by atoms with Crippen molar-refractivity contribution >= 4 is 31.8 Å². The van der Waals surface area contributed by atoms with E-state index in [1.54, 1.807) is 34.9 Å². The number of H-pyrrole nitrogens is 1. The normalized spacial score (nSPS) is 12.0. The lowest BCUT2D eigenvalue weighted by molar-refractivity contribution is 0.570. The molecule has 0 fully saturated rings. The number of para-hydroxylation sites is 1. The van der Waals surface area contributed by atoms with Crippen molar-refractivity contribution in [3.8, 4) is 0 Å². The van der Waals surface area contributed by atoms with Crippen LogP contribution in [0.5, 0.6) is 0 Å². The van der Waals surface area contributed by atoms with Crippen molar-refractivity contribution in [2.24, 2.45) is 0 Å². The van der Waals surface area contributed by atoms with Gasteiger partial charge < -0.3 is 4.57 Å². The fourth-order valence-corrected chi connectivity index (χ4v) is 4.48. The first-order valence-corrected chi connectivity index (χ1v) is 10.5. The second-order valence-corrected chi connectivity index (χ2v) is 8.38. The van der Waals surface area contributed by atoms with Gasteiger partial charge in [0, 0.05) is 24.2 Å². The minimum Gasteiger partial charge on any atom is -0.308 e. The lowest BCUT2D eigenvalue weighted by Gasteiger charge is -2.12. The molecule has 0 aliphatic rings. The minimum atomic E-state index is -3.55. The Morgan fingerprint density at radius 1 is 1.07 bits per heavy atom. The summed E-state index contributed by atoms with van der Waals surface area (Å²) >= 11 is 0. The fourth-order valence-electron chi connectivity index (χ4n) is 3.39. The third-order valence-electron chi connectivity index (χ3n) is 4.76. The molecule has 0 unspecified atom stereocenters. The lowest BCUT2D eigenvalue weighted by Crippen LogP contribution is -2.27. The summed E-state index contributed by atoms with van der Waals surface area (Å²) < 4.78 is 28.9. The molecule has 0 aliphatic heterocycles. The van der Waals surface area contributed by atoms with Crippen molar-refractivity contribution < 1.29 is 8.42 Å². The number of nitrogens with zero attached hydrogens (tertiary/aromatic N) is 2. The highest BCUT2D eigenvalue weighted by Gasteiger charge is 2.16. The van der Waals surface area contributed by atoms with Crippen molar-refractivity contribution in [3.05, 3.63) is 70.6 Å². The molecule has 0 amide bonds. The molecule has 0 bridgehead atoms. The maximum absolute atomic E-state index is 13.0. The molecule has 2 N–H and O–H groups in total. The van der Waals surface area contributed by atoms with Gasteiger partial charge in [-0.15, -0.1) is 0 Å². The predicted molar refractivity (Wildman–Crippen MR) is 109 cm³/mol. The van der Waals surface area contributed by atoms with E-state index >= 15 is 0 Å². The number of fused-ring (bicyclic) bond motifs is 3. The van der Waals surface area contributed by atoms with Crippen LogP contribution in [0, 0.1) is 6.92 Å². The molecule has 4 aromatic rings. The third-order valence-corrected chi connectivity index (χ3v) is 6.24. The van der Waals surface area contributed by atoms with Gasteiger partial charge in [-0.25, -0.2) is 13.1 Å². The number of pyridine rings is 1. The molecule has 4 rings (SSSR count). The quantitative estimate of drug-likeness (QED) is 0.490. The minimum absolute atomic E-state index is 0.120. The molecule has 0 atom stereocenters. The van der Waals surface area contributed by atoms with Crippen LogP contribution in [0.15, 0.2) is 64.3 Å². The zero-order valence-electron chi connectivity index (χ0n) is 15.3. The molecule has 0 saturated carbocycles. The second kappa shape index (κ2) is 7.21. The van der Waals surface area contributed by atoms with Gasteiger partial charge >= 0.3 is 0 Å². The Labute approximate surface area is 162 Å². The van der Waals surface area contributed by atoms with Crippen LogP contribution in [0.2, 0.25) is 0 Å². The maximum Gasteiger partial charge on any atom is 0.262 e. The molecular formula is C20H20N4O3S. The molecule has 2 heterocycles. The van der Waals surface area contributed by atoms with Gasteiger partial charge in [-0.05, 0) is 31.5 Å². The Balaban J connectivity index is 1.59. The topological polar surface area (TPSA) is 96.8 Å². The highest BCUT2D eigenvalue weighted by molar-refractivity contribution is 7.89. The molecule has 0 spiro atoms. The largest absolute Gasteiger partial charge is 0.308 e. The number of hydrogen-bond acceptors (Lipinski definition) is 4. The summed E-state index contributed by atoms with van der Waals surface area (Å²) in [4.78, 5) is 13.2. The highest BCUT2D eigenvalue weighted by Crippen LogP contribution is 2.22. The van der Waals surface area contributed by atoms with E-state index in [9.17, 15) is 13.2 Å². The monoisotopic (exact) mass is 396 g/mol. The summed E-state index contributed by atoms with van der Waals surface area (Å²) in [6, 6.07) is 15.8. The van der Waals surface area contributed by atoms with Gasteiger partial charge in [-0.1, -0.05) is 36.4 Å². The molecule has 8 heteroatoms. The first kappa shape index (κ1) is 18.4. The second-order valence-electron chi connectivity index (χ2n) is 6.61. The van der Waals surface area contributed by atoms with Crippen LogP contribution in [0.3, 0.4) is 0 Å². The summed E-state index contributed by atoms with van der Waals surface area (Å²) in [6.07, 6.45) is 0.484.